The zero-order valence-corrected chi connectivity index (χ0v) is 12.8. The maximum Gasteiger partial charge on any atom is 0.516 e. The quantitative estimate of drug-likeness (QED) is 0.593. The second-order valence-corrected chi connectivity index (χ2v) is 5.32. The van der Waals surface area contributed by atoms with Gasteiger partial charge in [0.25, 0.3) is 0 Å². The van der Waals surface area contributed by atoms with Gasteiger partial charge in [0.2, 0.25) is 0 Å². The summed E-state index contributed by atoms with van der Waals surface area (Å²) in [5.74, 6) is -0.664. The number of benzene rings is 2. The number of hydrogen-bond acceptors (Lipinski definition) is 5. The average Bonchev–Trinajstić information content (AvgIpc) is 2.92. The minimum absolute atomic E-state index is 0.0366. The molecule has 0 heterocycles. The molecule has 118 valence electrons. The molecule has 1 N–H and O–H groups in total. The van der Waals surface area contributed by atoms with E-state index in [4.69, 9.17) is 4.74 Å². The molecule has 0 atom stereocenters. The molecule has 5 heteroatoms. The molecular formula is C18H17NO4. The van der Waals surface area contributed by atoms with Crippen LogP contribution in [0.3, 0.4) is 0 Å². The highest BCUT2D eigenvalue weighted by atomic mass is 16.7. The summed E-state index contributed by atoms with van der Waals surface area (Å²) in [5.41, 5.74) is 5.74. The maximum absolute atomic E-state index is 11.5. The molecule has 2 aromatic carbocycles. The average molecular weight is 311 g/mol. The van der Waals surface area contributed by atoms with E-state index in [0.29, 0.717) is 0 Å². The van der Waals surface area contributed by atoms with E-state index >= 15 is 0 Å². The van der Waals surface area contributed by atoms with Crippen LogP contribution in [-0.2, 0) is 27.3 Å². The fraction of sp³-hybridized carbons (Fsp3) is 0.222. The van der Waals surface area contributed by atoms with Gasteiger partial charge >= 0.3 is 12.1 Å². The Bertz CT molecular complexity index is 754. The van der Waals surface area contributed by atoms with Crippen molar-refractivity contribution in [2.75, 3.05) is 13.6 Å². The molecule has 0 aliphatic heterocycles. The Hall–Kier alpha value is -2.66. The number of ether oxygens (including phenoxy) is 2. The number of likely N-dealkylation sites (N-methyl/N-ethyl adjacent to an activating group) is 1. The third-order valence-corrected chi connectivity index (χ3v) is 3.81. The van der Waals surface area contributed by atoms with Crippen molar-refractivity contribution in [3.8, 4) is 11.1 Å². The van der Waals surface area contributed by atoms with Gasteiger partial charge in [0, 0.05) is 0 Å². The fourth-order valence-corrected chi connectivity index (χ4v) is 2.80. The lowest BCUT2D eigenvalue weighted by Crippen LogP contribution is -2.24. The van der Waals surface area contributed by atoms with Crippen molar-refractivity contribution in [1.29, 1.82) is 0 Å². The van der Waals surface area contributed by atoms with E-state index in [1.54, 1.807) is 7.05 Å². The lowest BCUT2D eigenvalue weighted by molar-refractivity contribution is -0.138. The molecule has 0 radical (unpaired) electrons. The summed E-state index contributed by atoms with van der Waals surface area (Å²) < 4.78 is 9.59. The Morgan fingerprint density at radius 2 is 1.87 bits per heavy atom. The van der Waals surface area contributed by atoms with E-state index < -0.39 is 12.1 Å². The van der Waals surface area contributed by atoms with E-state index in [1.807, 2.05) is 24.3 Å². The molecule has 0 unspecified atom stereocenters. The first-order chi connectivity index (χ1) is 11.2. The summed E-state index contributed by atoms with van der Waals surface area (Å²) in [6.45, 7) is 0.0496. The second-order valence-electron chi connectivity index (χ2n) is 5.32. The molecule has 1 aliphatic carbocycles. The normalized spacial score (nSPS) is 11.5. The molecule has 1 aliphatic rings. The predicted molar refractivity (Wildman–Crippen MR) is 84.9 cm³/mol. The molecule has 0 bridgehead atoms. The summed E-state index contributed by atoms with van der Waals surface area (Å²) >= 11 is 0. The summed E-state index contributed by atoms with van der Waals surface area (Å²) in [6.07, 6.45) is -0.156. The maximum atomic E-state index is 11.5. The molecule has 0 amide bonds. The lowest BCUT2D eigenvalue weighted by atomic mass is 10.0. The molecule has 0 saturated carbocycles. The minimum atomic E-state index is -0.974. The van der Waals surface area contributed by atoms with E-state index in [9.17, 15) is 9.59 Å². The van der Waals surface area contributed by atoms with Gasteiger partial charge in [-0.2, -0.15) is 0 Å². The molecule has 0 spiro atoms. The fourth-order valence-electron chi connectivity index (χ4n) is 2.80. The lowest BCUT2D eigenvalue weighted by Gasteiger charge is -2.09. The zero-order valence-electron chi connectivity index (χ0n) is 12.8. The number of carbonyl (C=O) groups is 2. The predicted octanol–water partition coefficient (Wildman–Crippen LogP) is 2.66. The summed E-state index contributed by atoms with van der Waals surface area (Å²) in [6, 6.07) is 14.2. The van der Waals surface area contributed by atoms with Gasteiger partial charge in [0.05, 0.1) is 6.54 Å². The molecule has 5 nitrogen and oxygen atoms in total. The van der Waals surface area contributed by atoms with Gasteiger partial charge in [-0.15, -0.1) is 0 Å². The van der Waals surface area contributed by atoms with Gasteiger partial charge in [-0.1, -0.05) is 42.5 Å². The summed E-state index contributed by atoms with van der Waals surface area (Å²) in [4.78, 5) is 22.7. The number of esters is 1. The molecule has 3 rings (SSSR count). The van der Waals surface area contributed by atoms with Gasteiger partial charge in [-0.25, -0.2) is 4.79 Å². The van der Waals surface area contributed by atoms with Gasteiger partial charge in [-0.3, -0.25) is 4.79 Å². The van der Waals surface area contributed by atoms with Crippen molar-refractivity contribution >= 4 is 12.1 Å². The highest BCUT2D eigenvalue weighted by molar-refractivity contribution is 5.83. The molecular weight excluding hydrogens is 294 g/mol. The van der Waals surface area contributed by atoms with E-state index in [-0.39, 0.29) is 13.2 Å². The first-order valence-electron chi connectivity index (χ1n) is 7.40. The number of fused-ring (bicyclic) bond motifs is 3. The topological polar surface area (TPSA) is 64.6 Å². The first-order valence-corrected chi connectivity index (χ1v) is 7.40. The van der Waals surface area contributed by atoms with Crippen LogP contribution in [0.5, 0.6) is 0 Å². The smallest absolute Gasteiger partial charge is 0.429 e. The minimum Gasteiger partial charge on any atom is -0.429 e. The monoisotopic (exact) mass is 311 g/mol. The zero-order chi connectivity index (χ0) is 16.2. The van der Waals surface area contributed by atoms with E-state index in [2.05, 4.69) is 28.3 Å². The van der Waals surface area contributed by atoms with Gasteiger partial charge in [-0.05, 0) is 41.3 Å². The standard InChI is InChI=1S/C18H17NO4/c1-19-10-17(20)23-18(21)22-11-13-6-4-8-15-14-7-3-2-5-12(14)9-16(13)15/h2-8,19H,9-11H2,1H3. The van der Waals surface area contributed by atoms with Crippen LogP contribution in [0.25, 0.3) is 11.1 Å². The first kappa shape index (κ1) is 15.2. The van der Waals surface area contributed by atoms with Crippen LogP contribution < -0.4 is 5.32 Å². The summed E-state index contributed by atoms with van der Waals surface area (Å²) in [7, 11) is 1.59. The van der Waals surface area contributed by atoms with Crippen molar-refractivity contribution in [3.05, 3.63) is 59.2 Å². The van der Waals surface area contributed by atoms with Crippen LogP contribution in [0.2, 0.25) is 0 Å². The number of carbonyl (C=O) groups excluding carboxylic acids is 2. The Morgan fingerprint density at radius 3 is 2.70 bits per heavy atom. The van der Waals surface area contributed by atoms with Crippen molar-refractivity contribution in [1.82, 2.24) is 5.32 Å². The Morgan fingerprint density at radius 1 is 1.09 bits per heavy atom. The third-order valence-electron chi connectivity index (χ3n) is 3.81. The van der Waals surface area contributed by atoms with Crippen LogP contribution in [0.4, 0.5) is 4.79 Å². The van der Waals surface area contributed by atoms with Crippen LogP contribution in [-0.4, -0.2) is 25.7 Å². The SMILES string of the molecule is CNCC(=O)OC(=O)OCc1cccc2c1Cc1ccccc1-2. The summed E-state index contributed by atoms with van der Waals surface area (Å²) in [5, 5.41) is 2.61. The largest absolute Gasteiger partial charge is 0.516 e. The highest BCUT2D eigenvalue weighted by Crippen LogP contribution is 2.38. The van der Waals surface area contributed by atoms with Crippen LogP contribution in [0, 0.1) is 0 Å². The molecule has 23 heavy (non-hydrogen) atoms. The van der Waals surface area contributed by atoms with E-state index in [1.165, 1.54) is 16.7 Å². The molecule has 0 aromatic heterocycles. The Labute approximate surface area is 134 Å². The molecule has 0 fully saturated rings. The van der Waals surface area contributed by atoms with Crippen molar-refractivity contribution < 1.29 is 19.1 Å². The van der Waals surface area contributed by atoms with E-state index in [0.717, 1.165) is 17.5 Å². The highest BCUT2D eigenvalue weighted by Gasteiger charge is 2.21. The third kappa shape index (κ3) is 3.24. The van der Waals surface area contributed by atoms with Gasteiger partial charge in [0.15, 0.2) is 0 Å². The Kier molecular flexibility index (Phi) is 4.39. The second kappa shape index (κ2) is 6.62. The Balaban J connectivity index is 1.69. The number of hydrogen-bond donors (Lipinski definition) is 1. The van der Waals surface area contributed by atoms with Crippen molar-refractivity contribution in [3.63, 3.8) is 0 Å². The van der Waals surface area contributed by atoms with Crippen molar-refractivity contribution in [2.45, 2.75) is 13.0 Å². The van der Waals surface area contributed by atoms with Crippen molar-refractivity contribution in [2.24, 2.45) is 0 Å². The molecule has 2 aromatic rings. The number of rotatable bonds is 4. The molecule has 0 saturated heterocycles. The number of nitrogens with one attached hydrogen (secondary N) is 1. The van der Waals surface area contributed by atoms with Crippen LogP contribution >= 0.6 is 0 Å². The van der Waals surface area contributed by atoms with Crippen LogP contribution in [0.1, 0.15) is 16.7 Å². The van der Waals surface area contributed by atoms with Gasteiger partial charge < -0.3 is 14.8 Å². The van der Waals surface area contributed by atoms with Gasteiger partial charge in [0.1, 0.15) is 6.61 Å². The van der Waals surface area contributed by atoms with Crippen LogP contribution in [0.15, 0.2) is 42.5 Å².